The van der Waals surface area contributed by atoms with Gasteiger partial charge in [0.25, 0.3) is 0 Å². The van der Waals surface area contributed by atoms with Crippen molar-refractivity contribution in [2.75, 3.05) is 14.1 Å². The molecule has 0 saturated carbocycles. The molecule has 1 aromatic rings. The van der Waals surface area contributed by atoms with Gasteiger partial charge in [-0.15, -0.1) is 5.11 Å². The number of nitrogens with zero attached hydrogens (tertiary/aromatic N) is 4. The molecule has 1 aromatic heterocycles. The van der Waals surface area contributed by atoms with Crippen molar-refractivity contribution in [2.45, 2.75) is 6.42 Å². The first-order valence-electron chi connectivity index (χ1n) is 3.99. The Balaban J connectivity index is 2.77. The molecule has 0 spiro atoms. The largest absolute Gasteiger partial charge is 0.369 e. The summed E-state index contributed by atoms with van der Waals surface area (Å²) in [5, 5.41) is 9.11. The van der Waals surface area contributed by atoms with Crippen LogP contribution in [-0.2, 0) is 11.2 Å². The first-order valence-corrected chi connectivity index (χ1v) is 3.99. The molecule has 0 aliphatic carbocycles. The minimum atomic E-state index is -0.435. The number of carbonyl (C=O) groups is 1. The highest BCUT2D eigenvalue weighted by molar-refractivity contribution is 5.77. The summed E-state index contributed by atoms with van der Waals surface area (Å²) in [6.07, 6.45) is 1.53. The van der Waals surface area contributed by atoms with Crippen LogP contribution in [0.15, 0.2) is 16.7 Å². The molecule has 0 aliphatic heterocycles. The normalized spacial score (nSPS) is 10.7. The smallest absolute Gasteiger partial charge is 0.223 e. The van der Waals surface area contributed by atoms with E-state index in [2.05, 4.69) is 20.3 Å². The van der Waals surface area contributed by atoms with E-state index in [0.29, 0.717) is 11.5 Å². The number of rotatable bonds is 4. The van der Waals surface area contributed by atoms with Crippen molar-refractivity contribution >= 4 is 11.7 Å². The van der Waals surface area contributed by atoms with Crippen LogP contribution in [0.5, 0.6) is 0 Å². The van der Waals surface area contributed by atoms with Gasteiger partial charge in [-0.1, -0.05) is 5.22 Å². The topological polar surface area (TPSA) is 99.7 Å². The van der Waals surface area contributed by atoms with Crippen LogP contribution in [0.25, 0.3) is 0 Å². The summed E-state index contributed by atoms with van der Waals surface area (Å²) in [5.74, 6) is -0.0481. The molecule has 0 saturated heterocycles. The maximum Gasteiger partial charge on any atom is 0.223 e. The van der Waals surface area contributed by atoms with Crippen LogP contribution in [0.1, 0.15) is 5.69 Å². The molecule has 3 N–H and O–H groups in total. The molecule has 0 fully saturated rings. The summed E-state index contributed by atoms with van der Waals surface area (Å²) in [7, 11) is 3.48. The van der Waals surface area contributed by atoms with Gasteiger partial charge in [-0.25, -0.2) is 4.98 Å². The fourth-order valence-corrected chi connectivity index (χ4v) is 0.836. The van der Waals surface area contributed by atoms with Gasteiger partial charge >= 0.3 is 0 Å². The van der Waals surface area contributed by atoms with Crippen LogP contribution < -0.4 is 5.73 Å². The van der Waals surface area contributed by atoms with Crippen molar-refractivity contribution in [3.05, 3.63) is 12.0 Å². The summed E-state index contributed by atoms with van der Waals surface area (Å²) in [6.45, 7) is 0. The average Bonchev–Trinajstić information content (AvgIpc) is 2.47. The van der Waals surface area contributed by atoms with E-state index in [1.54, 1.807) is 14.1 Å². The van der Waals surface area contributed by atoms with Crippen molar-refractivity contribution in [3.8, 4) is 0 Å². The van der Waals surface area contributed by atoms with Crippen molar-refractivity contribution in [3.63, 3.8) is 0 Å². The molecule has 1 rings (SSSR count). The number of nitrogens with two attached hydrogens (primary N) is 1. The fraction of sp³-hybridized carbons (Fsp3) is 0.429. The molecule has 7 heteroatoms. The van der Waals surface area contributed by atoms with Gasteiger partial charge in [0.2, 0.25) is 5.91 Å². The third kappa shape index (κ3) is 2.85. The van der Waals surface area contributed by atoms with Gasteiger partial charge in [0.05, 0.1) is 18.4 Å². The highest BCUT2D eigenvalue weighted by Crippen LogP contribution is 2.14. The van der Waals surface area contributed by atoms with E-state index in [4.69, 9.17) is 5.73 Å². The number of hydrogen-bond donors (Lipinski definition) is 2. The molecule has 14 heavy (non-hydrogen) atoms. The lowest BCUT2D eigenvalue weighted by Crippen LogP contribution is -2.13. The van der Waals surface area contributed by atoms with E-state index < -0.39 is 5.91 Å². The molecular formula is C7H12N6O. The van der Waals surface area contributed by atoms with Gasteiger partial charge in [0.1, 0.15) is 0 Å². The highest BCUT2D eigenvalue weighted by atomic mass is 16.1. The SMILES string of the molecule is CN(C)N=Nc1nc[nH]c1CC(N)=O. The molecule has 1 amide bonds. The van der Waals surface area contributed by atoms with Gasteiger partial charge in [-0.05, 0) is 0 Å². The zero-order valence-electron chi connectivity index (χ0n) is 8.06. The van der Waals surface area contributed by atoms with Crippen LogP contribution in [0, 0.1) is 0 Å². The van der Waals surface area contributed by atoms with Gasteiger partial charge in [-0.2, -0.15) is 0 Å². The molecule has 0 aliphatic rings. The number of carbonyl (C=O) groups excluding carboxylic acids is 1. The zero-order valence-corrected chi connectivity index (χ0v) is 8.06. The molecule has 76 valence electrons. The number of hydrogen-bond acceptors (Lipinski definition) is 4. The Morgan fingerprint density at radius 2 is 2.43 bits per heavy atom. The Bertz CT molecular complexity index is 342. The third-order valence-electron chi connectivity index (χ3n) is 1.36. The molecule has 7 nitrogen and oxygen atoms in total. The first kappa shape index (κ1) is 10.2. The summed E-state index contributed by atoms with van der Waals surface area (Å²) in [5.41, 5.74) is 5.61. The Hall–Kier alpha value is -1.92. The van der Waals surface area contributed by atoms with Crippen molar-refractivity contribution in [2.24, 2.45) is 16.1 Å². The number of H-pyrrole nitrogens is 1. The minimum Gasteiger partial charge on any atom is -0.369 e. The average molecular weight is 196 g/mol. The number of amides is 1. The predicted octanol–water partition coefficient (Wildman–Crippen LogP) is -0.00220. The van der Waals surface area contributed by atoms with E-state index in [9.17, 15) is 4.79 Å². The number of nitrogens with one attached hydrogen (secondary N) is 1. The van der Waals surface area contributed by atoms with Crippen LogP contribution in [-0.4, -0.2) is 35.0 Å². The van der Waals surface area contributed by atoms with Gasteiger partial charge in [0.15, 0.2) is 5.82 Å². The van der Waals surface area contributed by atoms with Crippen molar-refractivity contribution < 1.29 is 4.79 Å². The number of aromatic nitrogens is 2. The summed E-state index contributed by atoms with van der Waals surface area (Å²) in [6, 6.07) is 0. The minimum absolute atomic E-state index is 0.0851. The molecule has 0 bridgehead atoms. The lowest BCUT2D eigenvalue weighted by Gasteiger charge is -1.99. The molecule has 1 heterocycles. The zero-order chi connectivity index (χ0) is 10.6. The van der Waals surface area contributed by atoms with Gasteiger partial charge in [-0.3, -0.25) is 9.80 Å². The van der Waals surface area contributed by atoms with E-state index in [1.165, 1.54) is 11.3 Å². The number of primary amides is 1. The molecule has 0 unspecified atom stereocenters. The summed E-state index contributed by atoms with van der Waals surface area (Å²) >= 11 is 0. The maximum atomic E-state index is 10.6. The monoisotopic (exact) mass is 196 g/mol. The molecular weight excluding hydrogens is 184 g/mol. The van der Waals surface area contributed by atoms with E-state index in [-0.39, 0.29) is 6.42 Å². The van der Waals surface area contributed by atoms with Crippen molar-refractivity contribution in [1.82, 2.24) is 15.0 Å². The van der Waals surface area contributed by atoms with E-state index >= 15 is 0 Å². The first-order chi connectivity index (χ1) is 6.59. The molecule has 0 radical (unpaired) electrons. The van der Waals surface area contributed by atoms with Crippen LogP contribution >= 0.6 is 0 Å². The maximum absolute atomic E-state index is 10.6. The standard InChI is InChI=1S/C7H12N6O/c1-13(2)12-11-7-5(3-6(8)14)9-4-10-7/h4H,3H2,1-2H3,(H2,8,14)(H,9,10). The molecule has 0 atom stereocenters. The predicted molar refractivity (Wildman–Crippen MR) is 49.7 cm³/mol. The lowest BCUT2D eigenvalue weighted by molar-refractivity contribution is -0.117. The second-order valence-corrected chi connectivity index (χ2v) is 2.88. The quantitative estimate of drug-likeness (QED) is 0.523. The summed E-state index contributed by atoms with van der Waals surface area (Å²) < 4.78 is 0. The van der Waals surface area contributed by atoms with Crippen molar-refractivity contribution in [1.29, 1.82) is 0 Å². The third-order valence-corrected chi connectivity index (χ3v) is 1.36. The Labute approximate surface area is 81.0 Å². The van der Waals surface area contributed by atoms with Crippen LogP contribution in [0.3, 0.4) is 0 Å². The van der Waals surface area contributed by atoms with E-state index in [0.717, 1.165) is 0 Å². The van der Waals surface area contributed by atoms with Crippen LogP contribution in [0.4, 0.5) is 5.82 Å². The van der Waals surface area contributed by atoms with Gasteiger partial charge in [0, 0.05) is 14.1 Å². The van der Waals surface area contributed by atoms with Gasteiger partial charge < -0.3 is 10.7 Å². The second kappa shape index (κ2) is 4.35. The fourth-order valence-electron chi connectivity index (χ4n) is 0.836. The lowest BCUT2D eigenvalue weighted by atomic mass is 10.3. The second-order valence-electron chi connectivity index (χ2n) is 2.88. The number of imidazole rings is 1. The Morgan fingerprint density at radius 1 is 1.71 bits per heavy atom. The Kier molecular flexibility index (Phi) is 3.16. The van der Waals surface area contributed by atoms with E-state index in [1.807, 2.05) is 0 Å². The highest BCUT2D eigenvalue weighted by Gasteiger charge is 2.07. The summed E-state index contributed by atoms with van der Waals surface area (Å²) in [4.78, 5) is 17.3. The van der Waals surface area contributed by atoms with Crippen LogP contribution in [0.2, 0.25) is 0 Å². The Morgan fingerprint density at radius 3 is 3.00 bits per heavy atom. The molecule has 0 aromatic carbocycles. The number of aromatic amines is 1.